The monoisotopic (exact) mass is 386 g/mol. The van der Waals surface area contributed by atoms with Gasteiger partial charge in [0.25, 0.3) is 11.8 Å². The van der Waals surface area contributed by atoms with Crippen LogP contribution in [0.1, 0.15) is 41.7 Å². The summed E-state index contributed by atoms with van der Waals surface area (Å²) >= 11 is 0. The summed E-state index contributed by atoms with van der Waals surface area (Å²) in [7, 11) is 0. The van der Waals surface area contributed by atoms with Crippen LogP contribution in [0.3, 0.4) is 0 Å². The second kappa shape index (κ2) is 8.73. The van der Waals surface area contributed by atoms with Crippen LogP contribution in [0, 0.1) is 11.7 Å². The predicted octanol–water partition coefficient (Wildman–Crippen LogP) is 2.97. The lowest BCUT2D eigenvalue weighted by molar-refractivity contribution is -0.119. The Morgan fingerprint density at radius 2 is 1.93 bits per heavy atom. The third-order valence-corrected chi connectivity index (χ3v) is 4.48. The van der Waals surface area contributed by atoms with Crippen LogP contribution in [0.5, 0.6) is 11.5 Å². The third-order valence-electron chi connectivity index (χ3n) is 4.48. The van der Waals surface area contributed by atoms with Gasteiger partial charge in [-0.15, -0.1) is 0 Å². The van der Waals surface area contributed by atoms with E-state index in [0.717, 1.165) is 12.8 Å². The van der Waals surface area contributed by atoms with Crippen LogP contribution >= 0.6 is 0 Å². The van der Waals surface area contributed by atoms with Crippen molar-refractivity contribution in [2.45, 2.75) is 25.8 Å². The summed E-state index contributed by atoms with van der Waals surface area (Å²) in [6.45, 7) is 1.96. The SMILES string of the molecule is CC(NC(=O)c1ccccc1OCC(N)=O)c1ccc(OCC2CC2)c(F)c1. The van der Waals surface area contributed by atoms with Gasteiger partial charge in [-0.2, -0.15) is 0 Å². The number of amides is 2. The molecule has 0 saturated heterocycles. The standard InChI is InChI=1S/C21H23FN2O4/c1-13(15-8-9-19(17(22)10-15)27-11-14-6-7-14)24-21(26)16-4-2-3-5-18(16)28-12-20(23)25/h2-5,8-10,13-14H,6-7,11-12H2,1H3,(H2,23,25)(H,24,26). The number of nitrogens with two attached hydrogens (primary N) is 1. The van der Waals surface area contributed by atoms with Crippen molar-refractivity contribution in [1.82, 2.24) is 5.32 Å². The van der Waals surface area contributed by atoms with Crippen LogP contribution in [-0.4, -0.2) is 25.0 Å². The van der Waals surface area contributed by atoms with Gasteiger partial charge in [0.1, 0.15) is 5.75 Å². The maximum Gasteiger partial charge on any atom is 0.255 e. The Morgan fingerprint density at radius 3 is 2.61 bits per heavy atom. The van der Waals surface area contributed by atoms with Crippen molar-refractivity contribution < 1.29 is 23.5 Å². The summed E-state index contributed by atoms with van der Waals surface area (Å²) in [5.74, 6) is -0.482. The highest BCUT2D eigenvalue weighted by atomic mass is 19.1. The molecule has 1 fully saturated rings. The van der Waals surface area contributed by atoms with Crippen LogP contribution in [0.4, 0.5) is 4.39 Å². The van der Waals surface area contributed by atoms with Gasteiger partial charge in [0.15, 0.2) is 18.2 Å². The molecule has 2 aromatic carbocycles. The van der Waals surface area contributed by atoms with Gasteiger partial charge >= 0.3 is 0 Å². The first-order valence-electron chi connectivity index (χ1n) is 9.17. The van der Waals surface area contributed by atoms with Crippen molar-refractivity contribution in [3.8, 4) is 11.5 Å². The lowest BCUT2D eigenvalue weighted by Crippen LogP contribution is -2.28. The number of carbonyl (C=O) groups excluding carboxylic acids is 2. The fraction of sp³-hybridized carbons (Fsp3) is 0.333. The van der Waals surface area contributed by atoms with Crippen LogP contribution in [0.15, 0.2) is 42.5 Å². The van der Waals surface area contributed by atoms with Gasteiger partial charge in [0, 0.05) is 0 Å². The summed E-state index contributed by atoms with van der Waals surface area (Å²) in [5.41, 5.74) is 5.96. The molecule has 0 radical (unpaired) electrons. The zero-order valence-electron chi connectivity index (χ0n) is 15.6. The van der Waals surface area contributed by atoms with Gasteiger partial charge in [-0.05, 0) is 55.5 Å². The summed E-state index contributed by atoms with van der Waals surface area (Å²) < 4.78 is 25.1. The Morgan fingerprint density at radius 1 is 1.18 bits per heavy atom. The van der Waals surface area contributed by atoms with E-state index in [9.17, 15) is 14.0 Å². The predicted molar refractivity (Wildman–Crippen MR) is 102 cm³/mol. The second-order valence-corrected chi connectivity index (χ2v) is 6.89. The first kappa shape index (κ1) is 19.7. The molecule has 1 atom stereocenters. The minimum atomic E-state index is -0.636. The Bertz CT molecular complexity index is 867. The number of primary amides is 1. The van der Waals surface area contributed by atoms with E-state index in [0.29, 0.717) is 18.1 Å². The molecule has 28 heavy (non-hydrogen) atoms. The topological polar surface area (TPSA) is 90.6 Å². The molecule has 2 amide bonds. The Balaban J connectivity index is 1.65. The first-order chi connectivity index (χ1) is 13.4. The van der Waals surface area contributed by atoms with Gasteiger partial charge < -0.3 is 20.5 Å². The minimum absolute atomic E-state index is 0.222. The van der Waals surface area contributed by atoms with Crippen molar-refractivity contribution in [3.63, 3.8) is 0 Å². The molecular formula is C21H23FN2O4. The molecule has 3 N–H and O–H groups in total. The highest BCUT2D eigenvalue weighted by molar-refractivity contribution is 5.97. The molecule has 0 aromatic heterocycles. The van der Waals surface area contributed by atoms with Gasteiger partial charge in [0.2, 0.25) is 0 Å². The molecule has 0 heterocycles. The molecule has 0 bridgehead atoms. The van der Waals surface area contributed by atoms with E-state index in [-0.39, 0.29) is 23.7 Å². The van der Waals surface area contributed by atoms with Crippen LogP contribution in [0.2, 0.25) is 0 Å². The number of halogens is 1. The lowest BCUT2D eigenvalue weighted by Gasteiger charge is -2.17. The van der Waals surface area contributed by atoms with Crippen molar-refractivity contribution in [2.75, 3.05) is 13.2 Å². The quantitative estimate of drug-likeness (QED) is 0.693. The second-order valence-electron chi connectivity index (χ2n) is 6.89. The molecule has 1 unspecified atom stereocenters. The number of benzene rings is 2. The van der Waals surface area contributed by atoms with Crippen LogP contribution in [0.25, 0.3) is 0 Å². The highest BCUT2D eigenvalue weighted by Crippen LogP contribution is 2.30. The average Bonchev–Trinajstić information content (AvgIpc) is 3.50. The van der Waals surface area contributed by atoms with E-state index >= 15 is 0 Å². The maximum atomic E-state index is 14.3. The number of hydrogen-bond donors (Lipinski definition) is 2. The first-order valence-corrected chi connectivity index (χ1v) is 9.17. The smallest absolute Gasteiger partial charge is 0.255 e. The molecule has 148 valence electrons. The van der Waals surface area contributed by atoms with Gasteiger partial charge in [-0.3, -0.25) is 9.59 Å². The van der Waals surface area contributed by atoms with E-state index in [4.69, 9.17) is 15.2 Å². The largest absolute Gasteiger partial charge is 0.490 e. The fourth-order valence-electron chi connectivity index (χ4n) is 2.68. The zero-order valence-corrected chi connectivity index (χ0v) is 15.6. The van der Waals surface area contributed by atoms with Crippen molar-refractivity contribution in [3.05, 3.63) is 59.4 Å². The third kappa shape index (κ3) is 5.22. The van der Waals surface area contributed by atoms with Crippen molar-refractivity contribution in [1.29, 1.82) is 0 Å². The molecule has 2 aromatic rings. The van der Waals surface area contributed by atoms with Crippen LogP contribution in [-0.2, 0) is 4.79 Å². The van der Waals surface area contributed by atoms with Gasteiger partial charge in [-0.25, -0.2) is 4.39 Å². The minimum Gasteiger partial charge on any atom is -0.490 e. The number of ether oxygens (including phenoxy) is 2. The van der Waals surface area contributed by atoms with E-state index in [1.54, 1.807) is 43.3 Å². The highest BCUT2D eigenvalue weighted by Gasteiger charge is 2.23. The summed E-state index contributed by atoms with van der Waals surface area (Å²) in [5, 5.41) is 2.80. The Labute approximate surface area is 162 Å². The average molecular weight is 386 g/mol. The molecule has 1 aliphatic rings. The normalized spacial score (nSPS) is 14.2. The molecule has 0 aliphatic heterocycles. The zero-order chi connectivity index (χ0) is 20.1. The molecule has 1 aliphatic carbocycles. The molecule has 7 heteroatoms. The number of rotatable bonds is 9. The van der Waals surface area contributed by atoms with E-state index in [1.165, 1.54) is 6.07 Å². The Hall–Kier alpha value is -3.09. The molecule has 1 saturated carbocycles. The van der Waals surface area contributed by atoms with Gasteiger partial charge in [0.05, 0.1) is 18.2 Å². The molecular weight excluding hydrogens is 363 g/mol. The Kier molecular flexibility index (Phi) is 6.13. The van der Waals surface area contributed by atoms with E-state index < -0.39 is 23.7 Å². The van der Waals surface area contributed by atoms with Crippen molar-refractivity contribution in [2.24, 2.45) is 11.7 Å². The summed E-state index contributed by atoms with van der Waals surface area (Å²) in [6.07, 6.45) is 2.26. The molecule has 3 rings (SSSR count). The van der Waals surface area contributed by atoms with Gasteiger partial charge in [-0.1, -0.05) is 18.2 Å². The van der Waals surface area contributed by atoms with E-state index in [1.807, 2.05) is 0 Å². The number of nitrogens with one attached hydrogen (secondary N) is 1. The lowest BCUT2D eigenvalue weighted by atomic mass is 10.1. The number of carbonyl (C=O) groups is 2. The van der Waals surface area contributed by atoms with Crippen LogP contribution < -0.4 is 20.5 Å². The molecule has 6 nitrogen and oxygen atoms in total. The fourth-order valence-corrected chi connectivity index (χ4v) is 2.68. The summed E-state index contributed by atoms with van der Waals surface area (Å²) in [6, 6.07) is 10.8. The van der Waals surface area contributed by atoms with Crippen molar-refractivity contribution >= 4 is 11.8 Å². The number of hydrogen-bond acceptors (Lipinski definition) is 4. The molecule has 0 spiro atoms. The number of para-hydroxylation sites is 1. The maximum absolute atomic E-state index is 14.3. The van der Waals surface area contributed by atoms with E-state index in [2.05, 4.69) is 5.32 Å². The summed E-state index contributed by atoms with van der Waals surface area (Å²) in [4.78, 5) is 23.5.